The quantitative estimate of drug-likeness (QED) is 0.845. The van der Waals surface area contributed by atoms with Gasteiger partial charge in [-0.05, 0) is 5.56 Å². The van der Waals surface area contributed by atoms with E-state index >= 15 is 0 Å². The van der Waals surface area contributed by atoms with Gasteiger partial charge < -0.3 is 19.7 Å². The van der Waals surface area contributed by atoms with Gasteiger partial charge in [-0.1, -0.05) is 30.3 Å². The number of hydrogen-bond donors (Lipinski definition) is 2. The van der Waals surface area contributed by atoms with Crippen LogP contribution in [0.5, 0.6) is 0 Å². The van der Waals surface area contributed by atoms with Crippen molar-refractivity contribution in [2.75, 3.05) is 6.61 Å². The third-order valence-electron chi connectivity index (χ3n) is 3.85. The molecule has 0 aliphatic carbocycles. The standard InChI is InChI=1S/C14H16FNO5/c15-10-12(20-6-8-4-2-1-3-5-8)11(17)9-7-21-14(19)16(9)13(10)18/h1-5,9-13,17-18H,6-7H2/t9-,10-,11-,12-,13-/m1/s1. The van der Waals surface area contributed by atoms with E-state index in [2.05, 4.69) is 0 Å². The van der Waals surface area contributed by atoms with Crippen molar-refractivity contribution >= 4 is 6.09 Å². The fraction of sp³-hybridized carbons (Fsp3) is 0.500. The van der Waals surface area contributed by atoms with E-state index in [1.165, 1.54) is 0 Å². The molecule has 1 aromatic rings. The van der Waals surface area contributed by atoms with Gasteiger partial charge in [0.05, 0.1) is 6.61 Å². The van der Waals surface area contributed by atoms with Gasteiger partial charge in [0.25, 0.3) is 0 Å². The number of nitrogens with zero attached hydrogens (tertiary/aromatic N) is 1. The van der Waals surface area contributed by atoms with Crippen molar-refractivity contribution < 1.29 is 28.9 Å². The number of ether oxygens (including phenoxy) is 2. The Balaban J connectivity index is 1.71. The van der Waals surface area contributed by atoms with E-state index in [1.807, 2.05) is 30.3 Å². The zero-order valence-electron chi connectivity index (χ0n) is 11.1. The molecular weight excluding hydrogens is 281 g/mol. The number of cyclic esters (lactones) is 1. The molecule has 7 heteroatoms. The number of aliphatic hydroxyl groups is 2. The van der Waals surface area contributed by atoms with Gasteiger partial charge in [-0.3, -0.25) is 4.90 Å². The van der Waals surface area contributed by atoms with Gasteiger partial charge in [0.1, 0.15) is 24.9 Å². The average molecular weight is 297 g/mol. The summed E-state index contributed by atoms with van der Waals surface area (Å²) in [6, 6.07) is 8.33. The number of amides is 1. The van der Waals surface area contributed by atoms with Crippen LogP contribution in [0.2, 0.25) is 0 Å². The molecular formula is C14H16FNO5. The second-order valence-corrected chi connectivity index (χ2v) is 5.16. The van der Waals surface area contributed by atoms with E-state index in [0.29, 0.717) is 0 Å². The van der Waals surface area contributed by atoms with E-state index in [-0.39, 0.29) is 13.2 Å². The highest BCUT2D eigenvalue weighted by Crippen LogP contribution is 2.32. The summed E-state index contributed by atoms with van der Waals surface area (Å²) in [4.78, 5) is 12.3. The summed E-state index contributed by atoms with van der Waals surface area (Å²) in [5.74, 6) is 0. The van der Waals surface area contributed by atoms with Crippen molar-refractivity contribution in [1.29, 1.82) is 0 Å². The van der Waals surface area contributed by atoms with E-state index in [4.69, 9.17) is 9.47 Å². The second-order valence-electron chi connectivity index (χ2n) is 5.16. The van der Waals surface area contributed by atoms with Crippen LogP contribution >= 0.6 is 0 Å². The number of piperidine rings is 1. The highest BCUT2D eigenvalue weighted by atomic mass is 19.1. The minimum Gasteiger partial charge on any atom is -0.447 e. The Kier molecular flexibility index (Phi) is 3.79. The summed E-state index contributed by atoms with van der Waals surface area (Å²) in [7, 11) is 0. The molecule has 0 saturated carbocycles. The molecule has 2 N–H and O–H groups in total. The molecule has 1 amide bonds. The number of aliphatic hydroxyl groups excluding tert-OH is 2. The van der Waals surface area contributed by atoms with E-state index in [9.17, 15) is 19.4 Å². The summed E-state index contributed by atoms with van der Waals surface area (Å²) in [6.07, 6.45) is -6.86. The Labute approximate surface area is 120 Å². The number of benzene rings is 1. The van der Waals surface area contributed by atoms with Crippen LogP contribution in [0, 0.1) is 0 Å². The van der Waals surface area contributed by atoms with E-state index in [0.717, 1.165) is 10.5 Å². The molecule has 2 aliphatic rings. The lowest BCUT2D eigenvalue weighted by molar-refractivity contribution is -0.191. The predicted molar refractivity (Wildman–Crippen MR) is 68.9 cm³/mol. The van der Waals surface area contributed by atoms with Crippen LogP contribution in [0.4, 0.5) is 9.18 Å². The number of halogens is 1. The number of hydrogen-bond acceptors (Lipinski definition) is 5. The number of carbonyl (C=O) groups excluding carboxylic acids is 1. The zero-order chi connectivity index (χ0) is 15.0. The van der Waals surface area contributed by atoms with Crippen LogP contribution in [0.15, 0.2) is 30.3 Å². The topological polar surface area (TPSA) is 79.2 Å². The zero-order valence-corrected chi connectivity index (χ0v) is 11.1. The van der Waals surface area contributed by atoms with Gasteiger partial charge in [-0.25, -0.2) is 9.18 Å². The highest BCUT2D eigenvalue weighted by molar-refractivity contribution is 5.71. The summed E-state index contributed by atoms with van der Waals surface area (Å²) >= 11 is 0. The SMILES string of the molecule is O=C1OC[C@@H]2[C@@H](O)[C@H](OCc3ccccc3)[C@@H](F)[C@@H](O)N12. The van der Waals surface area contributed by atoms with Crippen molar-refractivity contribution in [3.63, 3.8) is 0 Å². The Hall–Kier alpha value is -1.70. The molecule has 0 bridgehead atoms. The van der Waals surface area contributed by atoms with Gasteiger partial charge >= 0.3 is 6.09 Å². The molecule has 2 saturated heterocycles. The Morgan fingerprint density at radius 3 is 2.76 bits per heavy atom. The minimum absolute atomic E-state index is 0.0883. The molecule has 1 aromatic carbocycles. The molecule has 2 aliphatic heterocycles. The van der Waals surface area contributed by atoms with Crippen LogP contribution in [0.3, 0.4) is 0 Å². The maximum Gasteiger partial charge on any atom is 0.412 e. The first-order valence-corrected chi connectivity index (χ1v) is 6.70. The minimum atomic E-state index is -1.90. The van der Waals surface area contributed by atoms with Crippen LogP contribution in [0.1, 0.15) is 5.56 Å². The van der Waals surface area contributed by atoms with Gasteiger partial charge in [-0.15, -0.1) is 0 Å². The largest absolute Gasteiger partial charge is 0.447 e. The fourth-order valence-corrected chi connectivity index (χ4v) is 2.70. The van der Waals surface area contributed by atoms with Crippen molar-refractivity contribution in [1.82, 2.24) is 4.90 Å². The van der Waals surface area contributed by atoms with E-state index < -0.39 is 36.7 Å². The average Bonchev–Trinajstić information content (AvgIpc) is 2.88. The Bertz CT molecular complexity index is 513. The smallest absolute Gasteiger partial charge is 0.412 e. The van der Waals surface area contributed by atoms with Gasteiger partial charge in [0.2, 0.25) is 0 Å². The third-order valence-corrected chi connectivity index (χ3v) is 3.85. The lowest BCUT2D eigenvalue weighted by Gasteiger charge is -2.42. The molecule has 3 rings (SSSR count). The first-order chi connectivity index (χ1) is 10.1. The van der Waals surface area contributed by atoms with Crippen molar-refractivity contribution in [2.45, 2.75) is 37.3 Å². The molecule has 0 aromatic heterocycles. The van der Waals surface area contributed by atoms with Crippen molar-refractivity contribution in [3.8, 4) is 0 Å². The van der Waals surface area contributed by atoms with Crippen molar-refractivity contribution in [3.05, 3.63) is 35.9 Å². The Morgan fingerprint density at radius 1 is 1.33 bits per heavy atom. The summed E-state index contributed by atoms with van der Waals surface area (Å²) in [6.45, 7) is 0.0200. The summed E-state index contributed by atoms with van der Waals surface area (Å²) in [5.41, 5.74) is 0.826. The molecule has 5 atom stereocenters. The third kappa shape index (κ3) is 2.48. The molecule has 2 fully saturated rings. The summed E-state index contributed by atoms with van der Waals surface area (Å²) in [5, 5.41) is 20.0. The van der Waals surface area contributed by atoms with Crippen LogP contribution in [0.25, 0.3) is 0 Å². The number of alkyl halides is 1. The van der Waals surface area contributed by atoms with Crippen LogP contribution < -0.4 is 0 Å². The molecule has 2 heterocycles. The maximum absolute atomic E-state index is 14.2. The first-order valence-electron chi connectivity index (χ1n) is 6.70. The summed E-state index contributed by atoms with van der Waals surface area (Å²) < 4.78 is 24.4. The maximum atomic E-state index is 14.2. The van der Waals surface area contributed by atoms with Crippen molar-refractivity contribution in [2.24, 2.45) is 0 Å². The molecule has 6 nitrogen and oxygen atoms in total. The van der Waals surface area contributed by atoms with Gasteiger partial charge in [0.15, 0.2) is 12.4 Å². The Morgan fingerprint density at radius 2 is 2.05 bits per heavy atom. The number of carbonyl (C=O) groups is 1. The molecule has 0 spiro atoms. The second kappa shape index (κ2) is 5.59. The van der Waals surface area contributed by atoms with Crippen LogP contribution in [-0.4, -0.2) is 58.5 Å². The molecule has 0 unspecified atom stereocenters. The number of rotatable bonds is 3. The molecule has 114 valence electrons. The fourth-order valence-electron chi connectivity index (χ4n) is 2.70. The molecule has 0 radical (unpaired) electrons. The van der Waals surface area contributed by atoms with Gasteiger partial charge in [-0.2, -0.15) is 0 Å². The number of fused-ring (bicyclic) bond motifs is 1. The van der Waals surface area contributed by atoms with E-state index in [1.54, 1.807) is 0 Å². The lowest BCUT2D eigenvalue weighted by atomic mass is 9.94. The monoisotopic (exact) mass is 297 g/mol. The highest BCUT2D eigenvalue weighted by Gasteiger charge is 2.55. The predicted octanol–water partition coefficient (Wildman–Crippen LogP) is 0.424. The van der Waals surface area contributed by atoms with Crippen LogP contribution in [-0.2, 0) is 16.1 Å². The lowest BCUT2D eigenvalue weighted by Crippen LogP contribution is -2.64. The van der Waals surface area contributed by atoms with Gasteiger partial charge in [0, 0.05) is 0 Å². The normalized spacial score (nSPS) is 35.5. The molecule has 21 heavy (non-hydrogen) atoms. The first kappa shape index (κ1) is 14.2.